The van der Waals surface area contributed by atoms with Crippen molar-refractivity contribution in [2.24, 2.45) is 0 Å². The van der Waals surface area contributed by atoms with Crippen LogP contribution in [0.25, 0.3) is 11.3 Å². The van der Waals surface area contributed by atoms with Crippen molar-refractivity contribution in [2.45, 2.75) is 44.1 Å². The van der Waals surface area contributed by atoms with Crippen LogP contribution in [0.5, 0.6) is 5.75 Å². The fraction of sp³-hybridized carbons (Fsp3) is 0.550. The van der Waals surface area contributed by atoms with Gasteiger partial charge in [-0.3, -0.25) is 0 Å². The summed E-state index contributed by atoms with van der Waals surface area (Å²) in [5.74, 6) is 2.39. The van der Waals surface area contributed by atoms with E-state index in [1.165, 1.54) is 12.3 Å². The van der Waals surface area contributed by atoms with Crippen molar-refractivity contribution in [3.63, 3.8) is 0 Å². The molecule has 0 saturated carbocycles. The van der Waals surface area contributed by atoms with Crippen LogP contribution >= 0.6 is 11.8 Å². The Balaban J connectivity index is 1.76. The minimum atomic E-state index is -2.98. The molecule has 7 nitrogen and oxygen atoms in total. The molecule has 1 unspecified atom stereocenters. The van der Waals surface area contributed by atoms with Gasteiger partial charge in [0.1, 0.15) is 11.6 Å². The molecular weight excluding hydrogens is 412 g/mol. The first kappa shape index (κ1) is 21.0. The first-order valence-corrected chi connectivity index (χ1v) is 11.0. The normalized spacial score (nSPS) is 24.4. The molecule has 2 aromatic rings. The van der Waals surface area contributed by atoms with Crippen molar-refractivity contribution < 1.29 is 18.3 Å². The summed E-state index contributed by atoms with van der Waals surface area (Å²) in [5.41, 5.74) is 6.85. The number of aromatic nitrogens is 3. The van der Waals surface area contributed by atoms with Crippen molar-refractivity contribution in [3.05, 3.63) is 24.2 Å². The molecule has 3 atom stereocenters. The van der Waals surface area contributed by atoms with Crippen LogP contribution in [0.3, 0.4) is 0 Å². The summed E-state index contributed by atoms with van der Waals surface area (Å²) in [5, 5.41) is 0.488. The highest BCUT2D eigenvalue weighted by molar-refractivity contribution is 8.00. The predicted molar refractivity (Wildman–Crippen MR) is 113 cm³/mol. The van der Waals surface area contributed by atoms with E-state index in [4.69, 9.17) is 20.4 Å². The van der Waals surface area contributed by atoms with Crippen LogP contribution in [0.4, 0.5) is 20.4 Å². The van der Waals surface area contributed by atoms with Gasteiger partial charge in [-0.25, -0.2) is 15.0 Å². The first-order valence-electron chi connectivity index (χ1n) is 9.96. The first-order chi connectivity index (χ1) is 14.4. The summed E-state index contributed by atoms with van der Waals surface area (Å²) in [6.45, 7) is 3.53. The van der Waals surface area contributed by atoms with E-state index in [1.807, 2.05) is 17.8 Å². The molecule has 0 aromatic carbocycles. The third kappa shape index (κ3) is 4.59. The lowest BCUT2D eigenvalue weighted by atomic mass is 10.1. The maximum atomic E-state index is 12.7. The quantitative estimate of drug-likeness (QED) is 0.760. The van der Waals surface area contributed by atoms with E-state index >= 15 is 0 Å². The maximum Gasteiger partial charge on any atom is 0.387 e. The van der Waals surface area contributed by atoms with E-state index in [-0.39, 0.29) is 17.5 Å². The predicted octanol–water partition coefficient (Wildman–Crippen LogP) is 3.56. The number of nitrogens with two attached hydrogens (primary N) is 1. The highest BCUT2D eigenvalue weighted by Gasteiger charge is 2.28. The smallest absolute Gasteiger partial charge is 0.387 e. The number of halogens is 2. The molecule has 0 radical (unpaired) electrons. The van der Waals surface area contributed by atoms with Gasteiger partial charge >= 0.3 is 6.61 Å². The molecule has 30 heavy (non-hydrogen) atoms. The van der Waals surface area contributed by atoms with E-state index in [0.29, 0.717) is 41.6 Å². The average molecular weight is 438 g/mol. The number of nitrogens with zero attached hydrogens (tertiary/aromatic N) is 4. The Bertz CT molecular complexity index is 897. The molecule has 162 valence electrons. The lowest BCUT2D eigenvalue weighted by Gasteiger charge is -2.37. The van der Waals surface area contributed by atoms with Gasteiger partial charge < -0.3 is 20.1 Å². The molecule has 2 N–H and O–H groups in total. The zero-order valence-electron chi connectivity index (χ0n) is 16.9. The van der Waals surface area contributed by atoms with E-state index in [0.717, 1.165) is 24.5 Å². The second-order valence-electron chi connectivity index (χ2n) is 7.66. The van der Waals surface area contributed by atoms with Crippen molar-refractivity contribution >= 4 is 23.4 Å². The Morgan fingerprint density at radius 1 is 1.30 bits per heavy atom. The van der Waals surface area contributed by atoms with Gasteiger partial charge in [-0.1, -0.05) is 6.92 Å². The summed E-state index contributed by atoms with van der Waals surface area (Å²) in [4.78, 5) is 15.9. The molecule has 2 aliphatic heterocycles. The second-order valence-corrected chi connectivity index (χ2v) is 9.13. The summed E-state index contributed by atoms with van der Waals surface area (Å²) in [6.07, 6.45) is 2.37. The number of alkyl halides is 2. The van der Waals surface area contributed by atoms with E-state index < -0.39 is 6.61 Å². The molecule has 0 bridgehead atoms. The van der Waals surface area contributed by atoms with Crippen molar-refractivity contribution in [1.82, 2.24) is 15.0 Å². The zero-order valence-corrected chi connectivity index (χ0v) is 17.7. The fourth-order valence-electron chi connectivity index (χ4n) is 3.68. The van der Waals surface area contributed by atoms with Crippen LogP contribution in [-0.2, 0) is 4.74 Å². The van der Waals surface area contributed by atoms with Crippen molar-refractivity contribution in [1.29, 1.82) is 0 Å². The second kappa shape index (κ2) is 8.89. The Morgan fingerprint density at radius 3 is 2.87 bits per heavy atom. The zero-order chi connectivity index (χ0) is 21.3. The van der Waals surface area contributed by atoms with Gasteiger partial charge in [0.2, 0.25) is 0 Å². The van der Waals surface area contributed by atoms with Gasteiger partial charge in [-0.15, -0.1) is 0 Å². The molecule has 4 heterocycles. The molecule has 0 aliphatic carbocycles. The van der Waals surface area contributed by atoms with Crippen LogP contribution in [0, 0.1) is 0 Å². The van der Waals surface area contributed by atoms with Gasteiger partial charge in [0.15, 0.2) is 11.6 Å². The van der Waals surface area contributed by atoms with Gasteiger partial charge in [0.05, 0.1) is 12.3 Å². The molecule has 4 rings (SSSR count). The molecule has 0 amide bonds. The number of hydrogen-bond acceptors (Lipinski definition) is 8. The number of thioether (sulfide) groups is 1. The monoisotopic (exact) mass is 437 g/mol. The number of hydrogen-bond donors (Lipinski definition) is 1. The van der Waals surface area contributed by atoms with Gasteiger partial charge in [-0.05, 0) is 19.4 Å². The summed E-state index contributed by atoms with van der Waals surface area (Å²) >= 11 is 1.95. The van der Waals surface area contributed by atoms with E-state index in [1.54, 1.807) is 0 Å². The number of anilines is 2. The number of rotatable bonds is 5. The molecule has 2 aromatic heterocycles. The third-order valence-electron chi connectivity index (χ3n) is 5.32. The standard InChI is InChI=1S/C20H25F2N5O2S/c1-11-10-30-12(2)8-27(11)17-6-15(25-19(26-17)13-3-4-28-9-13)14-5-16(29-20(21)22)18(23)24-7-14/h5-7,11-13,20H,3-4,8-10H2,1-2H3,(H2,23,24)/t11-,12-,13?/m0/s1. The Morgan fingerprint density at radius 2 is 2.13 bits per heavy atom. The Hall–Kier alpha value is -2.20. The van der Waals surface area contributed by atoms with E-state index in [9.17, 15) is 8.78 Å². The Kier molecular flexibility index (Phi) is 6.24. The van der Waals surface area contributed by atoms with Gasteiger partial charge in [0, 0.05) is 53.9 Å². The summed E-state index contributed by atoms with van der Waals surface area (Å²) in [7, 11) is 0. The summed E-state index contributed by atoms with van der Waals surface area (Å²) < 4.78 is 35.5. The largest absolute Gasteiger partial charge is 0.431 e. The lowest BCUT2D eigenvalue weighted by Crippen LogP contribution is -2.44. The van der Waals surface area contributed by atoms with Crippen LogP contribution < -0.4 is 15.4 Å². The number of nitrogen functional groups attached to an aromatic ring is 1. The number of pyridine rings is 1. The topological polar surface area (TPSA) is 86.4 Å². The van der Waals surface area contributed by atoms with Crippen molar-refractivity contribution in [3.8, 4) is 17.0 Å². The molecule has 2 fully saturated rings. The van der Waals surface area contributed by atoms with Crippen molar-refractivity contribution in [2.75, 3.05) is 36.1 Å². The van der Waals surface area contributed by atoms with Crippen LogP contribution in [0.2, 0.25) is 0 Å². The molecule has 10 heteroatoms. The van der Waals surface area contributed by atoms with Gasteiger partial charge in [-0.2, -0.15) is 20.5 Å². The lowest BCUT2D eigenvalue weighted by molar-refractivity contribution is -0.0494. The van der Waals surface area contributed by atoms with Crippen LogP contribution in [0.15, 0.2) is 18.3 Å². The summed E-state index contributed by atoms with van der Waals surface area (Å²) in [6, 6.07) is 3.66. The van der Waals surface area contributed by atoms with Crippen LogP contribution in [-0.4, -0.2) is 58.4 Å². The molecule has 2 saturated heterocycles. The Labute approximate surface area is 178 Å². The number of ether oxygens (including phenoxy) is 2. The highest BCUT2D eigenvalue weighted by Crippen LogP contribution is 2.33. The minimum Gasteiger partial charge on any atom is -0.431 e. The molecular formula is C20H25F2N5O2S. The minimum absolute atomic E-state index is 0.0896. The molecule has 2 aliphatic rings. The molecule has 0 spiro atoms. The highest BCUT2D eigenvalue weighted by atomic mass is 32.2. The maximum absolute atomic E-state index is 12.7. The van der Waals surface area contributed by atoms with Crippen LogP contribution in [0.1, 0.15) is 32.0 Å². The third-order valence-corrected chi connectivity index (χ3v) is 6.71. The SMILES string of the molecule is C[C@H]1CN(c2cc(-c3cnc(N)c(OC(F)F)c3)nc(C3CCOC3)n2)[C@@H](C)CS1. The average Bonchev–Trinajstić information content (AvgIpc) is 3.26. The van der Waals surface area contributed by atoms with Gasteiger partial charge in [0.25, 0.3) is 0 Å². The van der Waals surface area contributed by atoms with E-state index in [2.05, 4.69) is 28.5 Å². The fourth-order valence-corrected chi connectivity index (χ4v) is 4.73.